The maximum Gasteiger partial charge on any atom is 0.361 e. The molecule has 200 valence electrons. The first-order valence-corrected chi connectivity index (χ1v) is 14.2. The molecule has 2 aromatic rings. The summed E-state index contributed by atoms with van der Waals surface area (Å²) < 4.78 is 11.8. The number of unbranched alkanes of at least 4 members (excludes halogenated alkanes) is 10. The highest BCUT2D eigenvalue weighted by atomic mass is 16.6. The molecule has 0 spiro atoms. The van der Waals surface area contributed by atoms with E-state index in [9.17, 15) is 4.79 Å². The molecule has 0 radical (unpaired) electrons. The van der Waals surface area contributed by atoms with Crippen LogP contribution in [0, 0.1) is 0 Å². The minimum Gasteiger partial charge on any atom is -0.490 e. The van der Waals surface area contributed by atoms with Crippen LogP contribution in [0.25, 0.3) is 0 Å². The lowest BCUT2D eigenvalue weighted by atomic mass is 10.0. The Morgan fingerprint density at radius 3 is 2.00 bits per heavy atom. The number of likely N-dealkylation sites (N-methyl/N-ethyl adjacent to an activating group) is 1. The van der Waals surface area contributed by atoms with Gasteiger partial charge in [-0.25, -0.2) is 4.79 Å². The molecule has 4 heteroatoms. The van der Waals surface area contributed by atoms with Gasteiger partial charge in [0.25, 0.3) is 0 Å². The highest BCUT2D eigenvalue weighted by Crippen LogP contribution is 2.17. The Morgan fingerprint density at radius 2 is 1.33 bits per heavy atom. The summed E-state index contributed by atoms with van der Waals surface area (Å²) in [5, 5.41) is 0. The Bertz CT molecular complexity index is 834. The molecule has 0 aliphatic carbocycles. The number of carbonyl (C=O) groups excluding carboxylic acids is 1. The van der Waals surface area contributed by atoms with Crippen LogP contribution in [0.1, 0.15) is 88.7 Å². The summed E-state index contributed by atoms with van der Waals surface area (Å²) in [6.45, 7) is 4.05. The molecule has 4 nitrogen and oxygen atoms in total. The third-order valence-electron chi connectivity index (χ3n) is 6.59. The van der Waals surface area contributed by atoms with Gasteiger partial charge in [-0.05, 0) is 30.5 Å². The fourth-order valence-corrected chi connectivity index (χ4v) is 4.63. The van der Waals surface area contributed by atoms with Crippen LogP contribution < -0.4 is 4.74 Å². The number of benzene rings is 2. The Labute approximate surface area is 220 Å². The Morgan fingerprint density at radius 1 is 0.722 bits per heavy atom. The van der Waals surface area contributed by atoms with Crippen LogP contribution in [0.4, 0.5) is 0 Å². The van der Waals surface area contributed by atoms with Gasteiger partial charge in [-0.3, -0.25) is 0 Å². The minimum atomic E-state index is -0.190. The van der Waals surface area contributed by atoms with Crippen molar-refractivity contribution in [2.45, 2.75) is 90.5 Å². The van der Waals surface area contributed by atoms with Crippen molar-refractivity contribution < 1.29 is 18.8 Å². The molecule has 0 N–H and O–H groups in total. The lowest BCUT2D eigenvalue weighted by molar-refractivity contribution is -0.896. The molecule has 36 heavy (non-hydrogen) atoms. The molecule has 0 heterocycles. The van der Waals surface area contributed by atoms with Gasteiger partial charge in [-0.1, -0.05) is 114 Å². The molecule has 0 saturated carbocycles. The lowest BCUT2D eigenvalue weighted by Crippen LogP contribution is -2.43. The lowest BCUT2D eigenvalue weighted by Gasteiger charge is -2.28. The number of esters is 1. The van der Waals surface area contributed by atoms with Crippen molar-refractivity contribution in [2.75, 3.05) is 33.9 Å². The third-order valence-corrected chi connectivity index (χ3v) is 6.59. The van der Waals surface area contributed by atoms with E-state index in [2.05, 4.69) is 37.3 Å². The summed E-state index contributed by atoms with van der Waals surface area (Å²) >= 11 is 0. The molecule has 0 fully saturated rings. The molecular formula is C32H50NO3+. The van der Waals surface area contributed by atoms with Crippen molar-refractivity contribution in [3.63, 3.8) is 0 Å². The van der Waals surface area contributed by atoms with Crippen LogP contribution in [0.5, 0.6) is 5.75 Å². The average Bonchev–Trinajstić information content (AvgIpc) is 2.85. The number of ether oxygens (including phenoxy) is 2. The molecule has 0 amide bonds. The second-order valence-electron chi connectivity index (χ2n) is 10.7. The fraction of sp³-hybridized carbons (Fsp3) is 0.594. The zero-order valence-corrected chi connectivity index (χ0v) is 23.2. The van der Waals surface area contributed by atoms with Gasteiger partial charge in [0.2, 0.25) is 0 Å². The SMILES string of the molecule is CCCCCCCCCCCCCc1cccc(OCCOC(=O)C[N+](C)(C)Cc2ccccc2)c1. The number of hydrogen-bond donors (Lipinski definition) is 0. The maximum atomic E-state index is 12.3. The van der Waals surface area contributed by atoms with E-state index in [1.54, 1.807) is 0 Å². The Balaban J connectivity index is 1.53. The van der Waals surface area contributed by atoms with E-state index in [4.69, 9.17) is 9.47 Å². The first-order valence-electron chi connectivity index (χ1n) is 14.2. The summed E-state index contributed by atoms with van der Waals surface area (Å²) in [6, 6.07) is 18.6. The van der Waals surface area contributed by atoms with Gasteiger partial charge >= 0.3 is 5.97 Å². The van der Waals surface area contributed by atoms with Crippen molar-refractivity contribution >= 4 is 5.97 Å². The number of rotatable bonds is 20. The fourth-order valence-electron chi connectivity index (χ4n) is 4.63. The molecular weight excluding hydrogens is 446 g/mol. The largest absolute Gasteiger partial charge is 0.490 e. The average molecular weight is 497 g/mol. The molecule has 0 aliphatic rings. The van der Waals surface area contributed by atoms with Gasteiger partial charge in [0.1, 0.15) is 25.5 Å². The number of nitrogens with zero attached hydrogens (tertiary/aromatic N) is 1. The summed E-state index contributed by atoms with van der Waals surface area (Å²) in [6.07, 6.45) is 16.1. The van der Waals surface area contributed by atoms with E-state index in [0.717, 1.165) is 18.7 Å². The predicted octanol–water partition coefficient (Wildman–Crippen LogP) is 7.74. The number of carbonyl (C=O) groups is 1. The summed E-state index contributed by atoms with van der Waals surface area (Å²) in [4.78, 5) is 12.3. The zero-order chi connectivity index (χ0) is 25.9. The van der Waals surface area contributed by atoms with Gasteiger partial charge in [-0.2, -0.15) is 0 Å². The van der Waals surface area contributed by atoms with Crippen molar-refractivity contribution in [2.24, 2.45) is 0 Å². The van der Waals surface area contributed by atoms with E-state index in [1.807, 2.05) is 38.4 Å². The van der Waals surface area contributed by atoms with Gasteiger partial charge in [0, 0.05) is 5.56 Å². The molecule has 0 saturated heterocycles. The summed E-state index contributed by atoms with van der Waals surface area (Å²) in [5.41, 5.74) is 2.53. The van der Waals surface area contributed by atoms with Crippen LogP contribution in [-0.4, -0.2) is 44.3 Å². The van der Waals surface area contributed by atoms with Crippen molar-refractivity contribution in [1.29, 1.82) is 0 Å². The minimum absolute atomic E-state index is 0.190. The highest BCUT2D eigenvalue weighted by Gasteiger charge is 2.21. The topological polar surface area (TPSA) is 35.5 Å². The maximum absolute atomic E-state index is 12.3. The van der Waals surface area contributed by atoms with Crippen molar-refractivity contribution in [3.8, 4) is 5.75 Å². The van der Waals surface area contributed by atoms with Gasteiger partial charge in [0.05, 0.1) is 14.1 Å². The number of quaternary nitrogens is 1. The monoisotopic (exact) mass is 496 g/mol. The van der Waals surface area contributed by atoms with Gasteiger partial charge in [-0.15, -0.1) is 0 Å². The Kier molecular flexibility index (Phi) is 14.9. The van der Waals surface area contributed by atoms with Crippen LogP contribution in [0.2, 0.25) is 0 Å². The first-order chi connectivity index (χ1) is 17.5. The normalized spacial score (nSPS) is 11.4. The zero-order valence-electron chi connectivity index (χ0n) is 23.2. The smallest absolute Gasteiger partial charge is 0.361 e. The summed E-state index contributed by atoms with van der Waals surface area (Å²) in [7, 11) is 4.09. The van der Waals surface area contributed by atoms with E-state index < -0.39 is 0 Å². The van der Waals surface area contributed by atoms with Gasteiger partial charge < -0.3 is 14.0 Å². The number of aryl methyl sites for hydroxylation is 1. The highest BCUT2D eigenvalue weighted by molar-refractivity contribution is 5.70. The molecule has 2 aromatic carbocycles. The molecule has 0 aromatic heterocycles. The molecule has 0 unspecified atom stereocenters. The first kappa shape index (κ1) is 29.9. The van der Waals surface area contributed by atoms with E-state index in [-0.39, 0.29) is 12.6 Å². The van der Waals surface area contributed by atoms with E-state index >= 15 is 0 Å². The van der Waals surface area contributed by atoms with Crippen LogP contribution in [-0.2, 0) is 22.5 Å². The molecule has 2 rings (SSSR count). The molecule has 0 bridgehead atoms. The van der Waals surface area contributed by atoms with Crippen LogP contribution in [0.3, 0.4) is 0 Å². The second kappa shape index (κ2) is 18.0. The van der Waals surface area contributed by atoms with Crippen LogP contribution >= 0.6 is 0 Å². The standard InChI is InChI=1S/C32H50NO3/c1-4-5-6-7-8-9-10-11-12-13-15-19-29-22-18-23-31(26-29)35-24-25-36-32(34)28-33(2,3)27-30-20-16-14-17-21-30/h14,16-18,20-23,26H,4-13,15,19,24-25,27-28H2,1-3H3/q+1. The predicted molar refractivity (Wildman–Crippen MR) is 150 cm³/mol. The summed E-state index contributed by atoms with van der Waals surface area (Å²) in [5.74, 6) is 0.664. The van der Waals surface area contributed by atoms with Crippen molar-refractivity contribution in [1.82, 2.24) is 0 Å². The second-order valence-corrected chi connectivity index (χ2v) is 10.7. The third kappa shape index (κ3) is 14.3. The van der Waals surface area contributed by atoms with Crippen LogP contribution in [0.15, 0.2) is 54.6 Å². The number of hydrogen-bond acceptors (Lipinski definition) is 3. The molecule has 0 atom stereocenters. The molecule has 0 aliphatic heterocycles. The Hall–Kier alpha value is -2.33. The van der Waals surface area contributed by atoms with Crippen molar-refractivity contribution in [3.05, 3.63) is 65.7 Å². The van der Waals surface area contributed by atoms with E-state index in [0.29, 0.717) is 17.6 Å². The quantitative estimate of drug-likeness (QED) is 0.107. The van der Waals surface area contributed by atoms with E-state index in [1.165, 1.54) is 81.8 Å². The van der Waals surface area contributed by atoms with Gasteiger partial charge in [0.15, 0.2) is 6.54 Å².